The largest absolute Gasteiger partial charge is 0.387 e. The van der Waals surface area contributed by atoms with Crippen LogP contribution in [0.25, 0.3) is 0 Å². The number of hydrogen-bond donors (Lipinski definition) is 2. The van der Waals surface area contributed by atoms with Gasteiger partial charge in [-0.3, -0.25) is 0 Å². The van der Waals surface area contributed by atoms with Crippen LogP contribution in [0.1, 0.15) is 24.6 Å². The Hall–Kier alpha value is -1.91. The first kappa shape index (κ1) is 20.4. The van der Waals surface area contributed by atoms with Crippen LogP contribution in [-0.4, -0.2) is 30.8 Å². The Bertz CT molecular complexity index is 876. The van der Waals surface area contributed by atoms with E-state index >= 15 is 0 Å². The summed E-state index contributed by atoms with van der Waals surface area (Å²) in [5.74, 6) is 2.07. The summed E-state index contributed by atoms with van der Waals surface area (Å²) in [5, 5.41) is 0.648. The molecule has 0 unspecified atom stereocenters. The topological polar surface area (TPSA) is 124 Å². The summed E-state index contributed by atoms with van der Waals surface area (Å²) in [6.07, 6.45) is 2.86. The summed E-state index contributed by atoms with van der Waals surface area (Å²) in [5.41, 5.74) is 11.5. The first-order valence-electron chi connectivity index (χ1n) is 7.90. The first-order chi connectivity index (χ1) is 12.4. The van der Waals surface area contributed by atoms with E-state index < -0.39 is 10.0 Å². The van der Waals surface area contributed by atoms with E-state index in [0.717, 1.165) is 10.6 Å². The van der Waals surface area contributed by atoms with Gasteiger partial charge in [0.05, 0.1) is 4.90 Å². The Kier molecular flexibility index (Phi) is 7.61. The minimum Gasteiger partial charge on any atom is -0.387 e. The fourth-order valence-corrected chi connectivity index (χ4v) is 4.69. The Balaban J connectivity index is 1.82. The smallest absolute Gasteiger partial charge is 0.283 e. The lowest BCUT2D eigenvalue weighted by atomic mass is 10.4. The molecule has 0 bridgehead atoms. The normalized spacial score (nSPS) is 13.1. The zero-order valence-corrected chi connectivity index (χ0v) is 16.8. The molecule has 2 aromatic rings. The molecule has 2 rings (SSSR count). The maximum Gasteiger partial charge on any atom is 0.283 e. The van der Waals surface area contributed by atoms with Crippen molar-refractivity contribution in [2.75, 3.05) is 5.75 Å². The summed E-state index contributed by atoms with van der Waals surface area (Å²) in [6, 6.07) is 8.04. The highest BCUT2D eigenvalue weighted by atomic mass is 32.2. The van der Waals surface area contributed by atoms with Crippen LogP contribution in [0.5, 0.6) is 0 Å². The lowest BCUT2D eigenvalue weighted by Gasteiger charge is -2.02. The number of benzene rings is 1. The molecule has 0 aliphatic rings. The van der Waals surface area contributed by atoms with Gasteiger partial charge in [0.15, 0.2) is 0 Å². The quantitative estimate of drug-likeness (QED) is 0.371. The van der Waals surface area contributed by atoms with E-state index in [1.165, 1.54) is 23.5 Å². The molecule has 1 heterocycles. The van der Waals surface area contributed by atoms with E-state index in [9.17, 15) is 8.42 Å². The van der Waals surface area contributed by atoms with Gasteiger partial charge in [-0.1, -0.05) is 36.5 Å². The molecular weight excluding hydrogens is 390 g/mol. The molecule has 0 fully saturated rings. The van der Waals surface area contributed by atoms with Gasteiger partial charge in [-0.25, -0.2) is 9.98 Å². The Labute approximate surface area is 161 Å². The second-order valence-electron chi connectivity index (χ2n) is 5.24. The van der Waals surface area contributed by atoms with Crippen molar-refractivity contribution >= 4 is 49.9 Å². The van der Waals surface area contributed by atoms with Gasteiger partial charge in [0, 0.05) is 35.4 Å². The molecule has 0 aliphatic carbocycles. The van der Waals surface area contributed by atoms with Gasteiger partial charge in [0.25, 0.3) is 10.0 Å². The molecule has 0 amide bonds. The van der Waals surface area contributed by atoms with Gasteiger partial charge >= 0.3 is 0 Å². The minimum absolute atomic E-state index is 0.103. The standard InChI is InChI=1S/C16H21N5O2S3/c1-2-14(17)20-16-19-10-12(25-16)11-24-9-8-15(18)21-26(22,23)13-6-4-3-5-7-13/h3-7,10H,2,8-9,11H2,1H3,(H2,18,21)(H2,17,19,20). The number of aliphatic imine (C=N–C) groups is 1. The minimum atomic E-state index is -3.74. The molecular formula is C16H21N5O2S3. The second-order valence-corrected chi connectivity index (χ2v) is 9.04. The Morgan fingerprint density at radius 3 is 2.65 bits per heavy atom. The highest BCUT2D eigenvalue weighted by Gasteiger charge is 2.12. The summed E-state index contributed by atoms with van der Waals surface area (Å²) in [7, 11) is -3.74. The first-order valence-corrected chi connectivity index (χ1v) is 11.3. The Morgan fingerprint density at radius 2 is 1.96 bits per heavy atom. The molecule has 26 heavy (non-hydrogen) atoms. The van der Waals surface area contributed by atoms with Crippen molar-refractivity contribution in [3.8, 4) is 0 Å². The van der Waals surface area contributed by atoms with Crippen LogP contribution in [-0.2, 0) is 15.8 Å². The van der Waals surface area contributed by atoms with E-state index in [1.54, 1.807) is 36.2 Å². The molecule has 0 aliphatic heterocycles. The average molecular weight is 412 g/mol. The summed E-state index contributed by atoms with van der Waals surface area (Å²) in [4.78, 5) is 9.63. The molecule has 0 saturated heterocycles. The van der Waals surface area contributed by atoms with Crippen molar-refractivity contribution in [3.63, 3.8) is 0 Å². The lowest BCUT2D eigenvalue weighted by molar-refractivity contribution is 0.598. The number of thioether (sulfide) groups is 1. The maximum atomic E-state index is 12.1. The highest BCUT2D eigenvalue weighted by Crippen LogP contribution is 2.25. The third kappa shape index (κ3) is 6.43. The fraction of sp³-hybridized carbons (Fsp3) is 0.312. The molecule has 1 aromatic carbocycles. The summed E-state index contributed by atoms with van der Waals surface area (Å²) < 4.78 is 27.9. The van der Waals surface area contributed by atoms with Gasteiger partial charge in [-0.15, -0.1) is 4.40 Å². The molecule has 7 nitrogen and oxygen atoms in total. The monoisotopic (exact) mass is 411 g/mol. The molecule has 10 heteroatoms. The molecule has 140 valence electrons. The van der Waals surface area contributed by atoms with Crippen LogP contribution < -0.4 is 11.5 Å². The van der Waals surface area contributed by atoms with Crippen molar-refractivity contribution < 1.29 is 8.42 Å². The number of amidine groups is 2. The van der Waals surface area contributed by atoms with E-state index in [2.05, 4.69) is 14.4 Å². The van der Waals surface area contributed by atoms with Crippen molar-refractivity contribution in [2.45, 2.75) is 30.4 Å². The lowest BCUT2D eigenvalue weighted by Crippen LogP contribution is -2.15. The molecule has 0 atom stereocenters. The number of hydrogen-bond acceptors (Lipinski definition) is 6. The van der Waals surface area contributed by atoms with Gasteiger partial charge < -0.3 is 11.5 Å². The summed E-state index contributed by atoms with van der Waals surface area (Å²) in [6.45, 7) is 1.94. The van der Waals surface area contributed by atoms with Gasteiger partial charge in [0.1, 0.15) is 11.7 Å². The van der Waals surface area contributed by atoms with E-state index in [0.29, 0.717) is 29.6 Å². The number of rotatable bonds is 9. The second kappa shape index (κ2) is 9.70. The summed E-state index contributed by atoms with van der Waals surface area (Å²) >= 11 is 3.12. The van der Waals surface area contributed by atoms with Crippen LogP contribution in [0.3, 0.4) is 0 Å². The predicted molar refractivity (Wildman–Crippen MR) is 110 cm³/mol. The average Bonchev–Trinajstić information content (AvgIpc) is 3.06. The maximum absolute atomic E-state index is 12.1. The third-order valence-corrected chi connectivity index (χ3v) is 6.59. The number of nitrogens with zero attached hydrogens (tertiary/aromatic N) is 3. The molecule has 4 N–H and O–H groups in total. The zero-order valence-electron chi connectivity index (χ0n) is 14.3. The SMILES string of the molecule is CC/C(N)=N\c1ncc(CSCCC(N)=NS(=O)(=O)c2ccccc2)s1. The number of aromatic nitrogens is 1. The Morgan fingerprint density at radius 1 is 1.23 bits per heavy atom. The number of thiazole rings is 1. The molecule has 0 radical (unpaired) electrons. The molecule has 1 aromatic heterocycles. The van der Waals surface area contributed by atoms with Crippen molar-refractivity contribution in [1.29, 1.82) is 0 Å². The van der Waals surface area contributed by atoms with Crippen molar-refractivity contribution in [1.82, 2.24) is 4.98 Å². The number of sulfonamides is 1. The highest BCUT2D eigenvalue weighted by molar-refractivity contribution is 7.98. The molecule has 0 spiro atoms. The fourth-order valence-electron chi connectivity index (χ4n) is 1.81. The van der Waals surface area contributed by atoms with Crippen LogP contribution in [0.15, 0.2) is 50.8 Å². The van der Waals surface area contributed by atoms with Crippen LogP contribution >= 0.6 is 23.1 Å². The zero-order chi connectivity index (χ0) is 19.0. The van der Waals surface area contributed by atoms with E-state index in [1.807, 2.05) is 6.92 Å². The van der Waals surface area contributed by atoms with Gasteiger partial charge in [-0.05, 0) is 12.1 Å². The molecule has 0 saturated carbocycles. The van der Waals surface area contributed by atoms with Gasteiger partial charge in [-0.2, -0.15) is 20.2 Å². The number of nitrogens with two attached hydrogens (primary N) is 2. The van der Waals surface area contributed by atoms with Crippen LogP contribution in [0, 0.1) is 0 Å². The van der Waals surface area contributed by atoms with Crippen LogP contribution in [0.4, 0.5) is 5.13 Å². The predicted octanol–water partition coefficient (Wildman–Crippen LogP) is 2.91. The van der Waals surface area contributed by atoms with E-state index in [-0.39, 0.29) is 10.7 Å². The van der Waals surface area contributed by atoms with Gasteiger partial charge in [0.2, 0.25) is 5.13 Å². The van der Waals surface area contributed by atoms with Crippen LogP contribution in [0.2, 0.25) is 0 Å². The van der Waals surface area contributed by atoms with E-state index in [4.69, 9.17) is 11.5 Å². The third-order valence-electron chi connectivity index (χ3n) is 3.17. The van der Waals surface area contributed by atoms with Crippen molar-refractivity contribution in [2.24, 2.45) is 20.9 Å². The van der Waals surface area contributed by atoms with Crippen molar-refractivity contribution in [3.05, 3.63) is 41.4 Å².